The maximum absolute atomic E-state index is 13.1. The number of hydrogen-bond donors (Lipinski definition) is 2. The molecule has 3 aromatic carbocycles. The van der Waals surface area contributed by atoms with Crippen LogP contribution in [-0.4, -0.2) is 62.8 Å². The molecule has 0 aliphatic heterocycles. The highest BCUT2D eigenvalue weighted by molar-refractivity contribution is 5.83. The second-order valence-electron chi connectivity index (χ2n) is 9.66. The van der Waals surface area contributed by atoms with Gasteiger partial charge in [-0.3, -0.25) is 9.59 Å². The Labute approximate surface area is 239 Å². The molecule has 2 aromatic heterocycles. The van der Waals surface area contributed by atoms with E-state index in [0.717, 1.165) is 27.7 Å². The number of nitrogens with zero attached hydrogens (tertiary/aromatic N) is 4. The number of amides is 2. The lowest BCUT2D eigenvalue weighted by molar-refractivity contribution is -0.131. The maximum atomic E-state index is 13.1. The summed E-state index contributed by atoms with van der Waals surface area (Å²) in [6.07, 6.45) is 5.55. The van der Waals surface area contributed by atoms with E-state index in [4.69, 9.17) is 9.47 Å². The first-order valence-electron chi connectivity index (χ1n) is 13.3. The molecule has 0 radical (unpaired) electrons. The predicted molar refractivity (Wildman–Crippen MR) is 157 cm³/mol. The first-order valence-corrected chi connectivity index (χ1v) is 13.3. The highest BCUT2D eigenvalue weighted by Gasteiger charge is 2.22. The van der Waals surface area contributed by atoms with Crippen molar-refractivity contribution in [1.82, 2.24) is 30.0 Å². The number of aromatic amines is 1. The minimum absolute atomic E-state index is 0. The van der Waals surface area contributed by atoms with Gasteiger partial charge in [0.1, 0.15) is 24.2 Å². The number of carbonyl (C=O) groups excluding carboxylic acids is 2. The van der Waals surface area contributed by atoms with Crippen LogP contribution in [0.25, 0.3) is 16.6 Å². The number of para-hydroxylation sites is 2. The van der Waals surface area contributed by atoms with Crippen LogP contribution in [-0.2, 0) is 22.6 Å². The zero-order valence-corrected chi connectivity index (χ0v) is 23.0. The highest BCUT2D eigenvalue weighted by atomic mass is 16.5. The van der Waals surface area contributed by atoms with Crippen LogP contribution >= 0.6 is 0 Å². The first-order chi connectivity index (χ1) is 20.0. The molecule has 2 amide bonds. The van der Waals surface area contributed by atoms with Gasteiger partial charge in [0, 0.05) is 44.1 Å². The Balaban J connectivity index is 0.00000405. The molecule has 10 heteroatoms. The molecule has 1 atom stereocenters. The molecule has 0 aliphatic rings. The van der Waals surface area contributed by atoms with E-state index in [0.29, 0.717) is 31.0 Å². The van der Waals surface area contributed by atoms with Crippen LogP contribution in [0.1, 0.15) is 19.5 Å². The SMILES string of the molecule is COc1ccccc1CN(CC(Cc1c[nH]c2ccccc12)NC(=O)COc1ccc(-n2cncn2)cc1)C(C)=O.[HH]. The van der Waals surface area contributed by atoms with E-state index in [1.54, 1.807) is 35.2 Å². The third-order valence-corrected chi connectivity index (χ3v) is 6.84. The molecule has 41 heavy (non-hydrogen) atoms. The third-order valence-electron chi connectivity index (χ3n) is 6.84. The molecule has 2 heterocycles. The van der Waals surface area contributed by atoms with Gasteiger partial charge in [-0.25, -0.2) is 9.67 Å². The summed E-state index contributed by atoms with van der Waals surface area (Å²) >= 11 is 0. The fraction of sp³-hybridized carbons (Fsp3) is 0.226. The molecule has 212 valence electrons. The fourth-order valence-electron chi connectivity index (χ4n) is 4.79. The van der Waals surface area contributed by atoms with E-state index >= 15 is 0 Å². The lowest BCUT2D eigenvalue weighted by atomic mass is 10.0. The summed E-state index contributed by atoms with van der Waals surface area (Å²) in [5.74, 6) is 0.881. The van der Waals surface area contributed by atoms with E-state index in [1.165, 1.54) is 13.3 Å². The Kier molecular flexibility index (Phi) is 8.58. The molecule has 5 aromatic rings. The van der Waals surface area contributed by atoms with Gasteiger partial charge in [0.2, 0.25) is 5.91 Å². The van der Waals surface area contributed by atoms with Gasteiger partial charge in [-0.15, -0.1) is 0 Å². The van der Waals surface area contributed by atoms with Crippen molar-refractivity contribution in [2.24, 2.45) is 0 Å². The first kappa shape index (κ1) is 27.4. The number of hydrogen-bond acceptors (Lipinski definition) is 6. The van der Waals surface area contributed by atoms with Crippen LogP contribution in [0.2, 0.25) is 0 Å². The number of fused-ring (bicyclic) bond motifs is 1. The second kappa shape index (κ2) is 12.8. The molecule has 10 nitrogen and oxygen atoms in total. The van der Waals surface area contributed by atoms with E-state index in [1.807, 2.05) is 66.9 Å². The summed E-state index contributed by atoms with van der Waals surface area (Å²) in [6, 6.07) is 22.5. The smallest absolute Gasteiger partial charge is 0.258 e. The molecule has 5 rings (SSSR count). The van der Waals surface area contributed by atoms with Crippen molar-refractivity contribution in [2.75, 3.05) is 20.3 Å². The summed E-state index contributed by atoms with van der Waals surface area (Å²) in [5.41, 5.74) is 3.79. The monoisotopic (exact) mass is 554 g/mol. The lowest BCUT2D eigenvalue weighted by Gasteiger charge is -2.28. The molecule has 0 bridgehead atoms. The number of nitrogens with one attached hydrogen (secondary N) is 2. The number of ether oxygens (including phenoxy) is 2. The molecular formula is C31H34N6O4. The van der Waals surface area contributed by atoms with E-state index in [9.17, 15) is 9.59 Å². The van der Waals surface area contributed by atoms with Gasteiger partial charge in [-0.2, -0.15) is 5.10 Å². The number of carbonyl (C=O) groups is 2. The van der Waals surface area contributed by atoms with Gasteiger partial charge in [-0.05, 0) is 48.4 Å². The second-order valence-corrected chi connectivity index (χ2v) is 9.66. The van der Waals surface area contributed by atoms with Crippen molar-refractivity contribution >= 4 is 22.7 Å². The Hall–Kier alpha value is -5.12. The van der Waals surface area contributed by atoms with Crippen molar-refractivity contribution in [1.29, 1.82) is 0 Å². The van der Waals surface area contributed by atoms with E-state index < -0.39 is 0 Å². The van der Waals surface area contributed by atoms with Gasteiger partial charge in [0.05, 0.1) is 18.8 Å². The van der Waals surface area contributed by atoms with Gasteiger partial charge in [0.15, 0.2) is 6.61 Å². The minimum atomic E-state index is -0.362. The van der Waals surface area contributed by atoms with Crippen LogP contribution in [0.5, 0.6) is 11.5 Å². The lowest BCUT2D eigenvalue weighted by Crippen LogP contribution is -2.47. The standard InChI is InChI=1S/C31H32N6O4.H2/c1-22(38)36(17-23-7-3-6-10-30(23)40-2)18-25(15-24-16-33-29-9-5-4-8-28(24)29)35-31(39)19-41-27-13-11-26(12-14-27)37-21-32-20-34-37;/h3-14,16,20-21,25,33H,15,17-19H2,1-2H3,(H,35,39);1H. The van der Waals surface area contributed by atoms with Crippen molar-refractivity contribution < 1.29 is 20.5 Å². The fourth-order valence-corrected chi connectivity index (χ4v) is 4.79. The molecule has 1 unspecified atom stereocenters. The normalized spacial score (nSPS) is 11.7. The number of methoxy groups -OCH3 is 1. The molecule has 0 spiro atoms. The average molecular weight is 555 g/mol. The van der Waals surface area contributed by atoms with Crippen LogP contribution in [0.3, 0.4) is 0 Å². The molecular weight excluding hydrogens is 520 g/mol. The van der Waals surface area contributed by atoms with Crippen molar-refractivity contribution in [3.05, 3.63) is 103 Å². The zero-order chi connectivity index (χ0) is 28.6. The number of aromatic nitrogens is 4. The quantitative estimate of drug-likeness (QED) is 0.239. The zero-order valence-electron chi connectivity index (χ0n) is 23.0. The Morgan fingerprint density at radius 3 is 2.59 bits per heavy atom. The van der Waals surface area contributed by atoms with Crippen molar-refractivity contribution in [3.8, 4) is 17.2 Å². The third kappa shape index (κ3) is 6.91. The van der Waals surface area contributed by atoms with Gasteiger partial charge in [-0.1, -0.05) is 36.4 Å². The van der Waals surface area contributed by atoms with E-state index in [-0.39, 0.29) is 25.9 Å². The largest absolute Gasteiger partial charge is 0.496 e. The summed E-state index contributed by atoms with van der Waals surface area (Å²) in [6.45, 7) is 2.03. The molecule has 0 saturated carbocycles. The minimum Gasteiger partial charge on any atom is -0.496 e. The van der Waals surface area contributed by atoms with Crippen LogP contribution in [0, 0.1) is 0 Å². The highest BCUT2D eigenvalue weighted by Crippen LogP contribution is 2.22. The van der Waals surface area contributed by atoms with Crippen LogP contribution < -0.4 is 14.8 Å². The summed E-state index contributed by atoms with van der Waals surface area (Å²) in [5, 5.41) is 8.28. The number of rotatable bonds is 12. The van der Waals surface area contributed by atoms with Crippen LogP contribution in [0.4, 0.5) is 0 Å². The van der Waals surface area contributed by atoms with Gasteiger partial charge >= 0.3 is 0 Å². The Morgan fingerprint density at radius 1 is 1.05 bits per heavy atom. The maximum Gasteiger partial charge on any atom is 0.258 e. The van der Waals surface area contributed by atoms with Gasteiger partial charge in [0.25, 0.3) is 5.91 Å². The summed E-state index contributed by atoms with van der Waals surface area (Å²) in [7, 11) is 1.61. The average Bonchev–Trinajstić information content (AvgIpc) is 3.67. The van der Waals surface area contributed by atoms with Crippen molar-refractivity contribution in [2.45, 2.75) is 25.9 Å². The summed E-state index contributed by atoms with van der Waals surface area (Å²) < 4.78 is 12.9. The molecule has 0 aliphatic carbocycles. The Morgan fingerprint density at radius 2 is 1.83 bits per heavy atom. The topological polar surface area (TPSA) is 114 Å². The van der Waals surface area contributed by atoms with Gasteiger partial charge < -0.3 is 24.7 Å². The van der Waals surface area contributed by atoms with Crippen LogP contribution in [0.15, 0.2) is 91.6 Å². The van der Waals surface area contributed by atoms with E-state index in [2.05, 4.69) is 20.4 Å². The molecule has 0 fully saturated rings. The summed E-state index contributed by atoms with van der Waals surface area (Å²) in [4.78, 5) is 34.8. The predicted octanol–water partition coefficient (Wildman–Crippen LogP) is 4.16. The molecule has 2 N–H and O–H groups in total. The van der Waals surface area contributed by atoms with Crippen molar-refractivity contribution in [3.63, 3.8) is 0 Å². The molecule has 0 saturated heterocycles. The number of H-pyrrole nitrogens is 1. The Bertz CT molecular complexity index is 1600. The number of benzene rings is 3.